The highest BCUT2D eigenvalue weighted by Crippen LogP contribution is 2.39. The molecule has 1 amide bonds. The second-order valence-electron chi connectivity index (χ2n) is 8.17. The van der Waals surface area contributed by atoms with E-state index >= 15 is 0 Å². The first-order valence-corrected chi connectivity index (χ1v) is 9.85. The Hall–Kier alpha value is -3.12. The van der Waals surface area contributed by atoms with Crippen molar-refractivity contribution in [3.05, 3.63) is 41.4 Å². The summed E-state index contributed by atoms with van der Waals surface area (Å²) in [6, 6.07) is 3.75. The molecule has 0 spiro atoms. The van der Waals surface area contributed by atoms with Gasteiger partial charge in [-0.15, -0.1) is 0 Å². The number of hydrogen-bond donors (Lipinski definition) is 0. The van der Waals surface area contributed by atoms with Gasteiger partial charge in [-0.05, 0) is 58.4 Å². The van der Waals surface area contributed by atoms with Gasteiger partial charge in [-0.1, -0.05) is 0 Å². The topological polar surface area (TPSA) is 76.2 Å². The molecule has 0 aromatic heterocycles. The van der Waals surface area contributed by atoms with E-state index in [1.165, 1.54) is 24.3 Å². The molecule has 8 heteroatoms. The monoisotopic (exact) mass is 416 g/mol. The van der Waals surface area contributed by atoms with E-state index in [2.05, 4.69) is 0 Å². The number of esters is 1. The third-order valence-corrected chi connectivity index (χ3v) is 4.82. The molecule has 0 unspecified atom stereocenters. The van der Waals surface area contributed by atoms with Gasteiger partial charge >= 0.3 is 12.1 Å². The van der Waals surface area contributed by atoms with Crippen LogP contribution in [0.2, 0.25) is 0 Å². The van der Waals surface area contributed by atoms with Crippen molar-refractivity contribution in [1.29, 1.82) is 0 Å². The first-order valence-electron chi connectivity index (χ1n) is 9.85. The van der Waals surface area contributed by atoms with Crippen LogP contribution < -0.4 is 4.90 Å². The fourth-order valence-corrected chi connectivity index (χ4v) is 3.63. The van der Waals surface area contributed by atoms with Gasteiger partial charge in [0.25, 0.3) is 0 Å². The smallest absolute Gasteiger partial charge is 0.410 e. The van der Waals surface area contributed by atoms with Crippen molar-refractivity contribution >= 4 is 29.3 Å². The second-order valence-corrected chi connectivity index (χ2v) is 8.17. The standard InChI is InChI=1S/C22H25FN2O5/c1-5-29-20(27)19-10-14(13-26)17-11-15(23)6-7-18(17)25(19)16-8-9-24(12-16)21(28)30-22(2,3)4/h6-7,10-11,16H,5,8-9,12H2,1-4H3/t16-/m1/s1. The van der Waals surface area contributed by atoms with Crippen LogP contribution in [0.25, 0.3) is 5.57 Å². The summed E-state index contributed by atoms with van der Waals surface area (Å²) in [6.07, 6.45) is 1.49. The minimum absolute atomic E-state index is 0.0748. The minimum atomic E-state index is -0.621. The summed E-state index contributed by atoms with van der Waals surface area (Å²) < 4.78 is 24.5. The molecule has 2 aliphatic heterocycles. The van der Waals surface area contributed by atoms with Crippen LogP contribution in [0.3, 0.4) is 0 Å². The molecule has 0 aliphatic carbocycles. The summed E-state index contributed by atoms with van der Waals surface area (Å²) in [4.78, 5) is 39.9. The number of carbonyl (C=O) groups excluding carboxylic acids is 3. The van der Waals surface area contributed by atoms with Crippen molar-refractivity contribution in [2.24, 2.45) is 0 Å². The van der Waals surface area contributed by atoms with Gasteiger partial charge in [-0.3, -0.25) is 0 Å². The predicted octanol–water partition coefficient (Wildman–Crippen LogP) is 3.32. The Labute approximate surface area is 174 Å². The molecule has 2 aliphatic rings. The van der Waals surface area contributed by atoms with Gasteiger partial charge in [0.1, 0.15) is 23.1 Å². The Kier molecular flexibility index (Phi) is 5.99. The molecule has 1 aromatic rings. The number of amides is 1. The Bertz CT molecular complexity index is 943. The molecule has 1 atom stereocenters. The average Bonchev–Trinajstić information content (AvgIpc) is 3.15. The van der Waals surface area contributed by atoms with Crippen molar-refractivity contribution in [2.75, 3.05) is 24.6 Å². The van der Waals surface area contributed by atoms with Crippen LogP contribution in [-0.2, 0) is 19.1 Å². The number of carbonyl (C=O) groups is 2. The quantitative estimate of drug-likeness (QED) is 0.556. The molecule has 0 bridgehead atoms. The molecule has 3 rings (SSSR count). The molecule has 7 nitrogen and oxygen atoms in total. The highest BCUT2D eigenvalue weighted by Gasteiger charge is 2.39. The van der Waals surface area contributed by atoms with Crippen LogP contribution in [0.15, 0.2) is 30.0 Å². The number of benzene rings is 1. The van der Waals surface area contributed by atoms with Gasteiger partial charge in [0.2, 0.25) is 0 Å². The normalized spacial score (nSPS) is 18.5. The summed E-state index contributed by atoms with van der Waals surface area (Å²) in [6.45, 7) is 7.98. The summed E-state index contributed by atoms with van der Waals surface area (Å²) in [5.74, 6) is 0.678. The number of hydrogen-bond acceptors (Lipinski definition) is 6. The van der Waals surface area contributed by atoms with Gasteiger partial charge < -0.3 is 19.3 Å². The first kappa shape index (κ1) is 21.6. The third-order valence-electron chi connectivity index (χ3n) is 4.82. The van der Waals surface area contributed by atoms with Crippen LogP contribution in [0.5, 0.6) is 0 Å². The van der Waals surface area contributed by atoms with Gasteiger partial charge in [0.05, 0.1) is 23.9 Å². The number of halogens is 1. The fourth-order valence-electron chi connectivity index (χ4n) is 3.63. The molecule has 0 N–H and O–H groups in total. The van der Waals surface area contributed by atoms with Gasteiger partial charge in [0, 0.05) is 18.7 Å². The SMILES string of the molecule is CCOC(=O)C1=CC(=C=O)c2cc(F)ccc2N1[C@@H]1CCN(C(=O)OC(C)(C)C)C1. The zero-order valence-electron chi connectivity index (χ0n) is 17.5. The van der Waals surface area contributed by atoms with Gasteiger partial charge in [-0.25, -0.2) is 18.8 Å². The van der Waals surface area contributed by atoms with E-state index in [-0.39, 0.29) is 23.9 Å². The lowest BCUT2D eigenvalue weighted by molar-refractivity contribution is -0.138. The Balaban J connectivity index is 1.97. The van der Waals surface area contributed by atoms with Crippen molar-refractivity contribution < 1.29 is 28.2 Å². The Morgan fingerprint density at radius 1 is 1.30 bits per heavy atom. The molecule has 0 radical (unpaired) electrons. The van der Waals surface area contributed by atoms with Crippen LogP contribution in [0.4, 0.5) is 14.9 Å². The number of ether oxygens (including phenoxy) is 2. The number of anilines is 1. The zero-order chi connectivity index (χ0) is 22.1. The Morgan fingerprint density at radius 3 is 2.67 bits per heavy atom. The lowest BCUT2D eigenvalue weighted by Gasteiger charge is -2.36. The molecule has 1 aromatic carbocycles. The molecule has 0 saturated carbocycles. The van der Waals surface area contributed by atoms with E-state index in [1.54, 1.807) is 43.4 Å². The maximum Gasteiger partial charge on any atom is 0.410 e. The summed E-state index contributed by atoms with van der Waals surface area (Å²) in [5.41, 5.74) is 0.450. The summed E-state index contributed by atoms with van der Waals surface area (Å²) in [7, 11) is 0. The van der Waals surface area contributed by atoms with E-state index < -0.39 is 23.5 Å². The van der Waals surface area contributed by atoms with Gasteiger partial charge in [-0.2, -0.15) is 0 Å². The highest BCUT2D eigenvalue weighted by atomic mass is 19.1. The number of likely N-dealkylation sites (tertiary alicyclic amines) is 1. The molecule has 160 valence electrons. The first-order chi connectivity index (χ1) is 14.1. The van der Waals surface area contributed by atoms with Crippen LogP contribution >= 0.6 is 0 Å². The molecule has 1 fully saturated rings. The van der Waals surface area contributed by atoms with Gasteiger partial charge in [0.15, 0.2) is 0 Å². The molecule has 2 heterocycles. The van der Waals surface area contributed by atoms with Crippen molar-refractivity contribution in [3.8, 4) is 0 Å². The minimum Gasteiger partial charge on any atom is -0.461 e. The summed E-state index contributed by atoms with van der Waals surface area (Å²) in [5, 5.41) is 0. The van der Waals surface area contributed by atoms with E-state index in [1.807, 2.05) is 0 Å². The molecule has 30 heavy (non-hydrogen) atoms. The maximum atomic E-state index is 13.9. The summed E-state index contributed by atoms with van der Waals surface area (Å²) >= 11 is 0. The molecular weight excluding hydrogens is 391 g/mol. The van der Waals surface area contributed by atoms with Crippen molar-refractivity contribution in [2.45, 2.75) is 45.8 Å². The van der Waals surface area contributed by atoms with E-state index in [0.717, 1.165) is 0 Å². The molecular formula is C22H25FN2O5. The van der Waals surface area contributed by atoms with E-state index in [9.17, 15) is 18.8 Å². The number of rotatable bonds is 3. The van der Waals surface area contributed by atoms with E-state index in [4.69, 9.17) is 9.47 Å². The fraction of sp³-hybridized carbons (Fsp3) is 0.455. The van der Waals surface area contributed by atoms with E-state index in [0.29, 0.717) is 30.8 Å². The lowest BCUT2D eigenvalue weighted by Crippen LogP contribution is -2.43. The number of nitrogens with zero attached hydrogens (tertiary/aromatic N) is 2. The predicted molar refractivity (Wildman–Crippen MR) is 109 cm³/mol. The zero-order valence-corrected chi connectivity index (χ0v) is 17.5. The largest absolute Gasteiger partial charge is 0.461 e. The van der Waals surface area contributed by atoms with Crippen molar-refractivity contribution in [3.63, 3.8) is 0 Å². The Morgan fingerprint density at radius 2 is 2.03 bits per heavy atom. The lowest BCUT2D eigenvalue weighted by atomic mass is 9.96. The van der Waals surface area contributed by atoms with Crippen LogP contribution in [-0.4, -0.2) is 54.2 Å². The second kappa shape index (κ2) is 8.32. The van der Waals surface area contributed by atoms with Crippen molar-refractivity contribution in [1.82, 2.24) is 4.90 Å². The number of fused-ring (bicyclic) bond motifs is 1. The highest BCUT2D eigenvalue weighted by molar-refractivity contribution is 6.07. The van der Waals surface area contributed by atoms with Crippen LogP contribution in [0.1, 0.15) is 39.7 Å². The van der Waals surface area contributed by atoms with Crippen LogP contribution in [0, 0.1) is 5.82 Å². The molecule has 1 saturated heterocycles. The number of allylic oxidation sites excluding steroid dienone is 2. The third kappa shape index (κ3) is 4.39. The average molecular weight is 416 g/mol. The maximum absolute atomic E-state index is 13.9.